The number of ether oxygens (including phenoxy) is 2. The molecule has 0 atom stereocenters. The summed E-state index contributed by atoms with van der Waals surface area (Å²) in [6, 6.07) is 23.9. The van der Waals surface area contributed by atoms with Crippen LogP contribution in [0.4, 0.5) is 4.79 Å². The molecule has 356 valence electrons. The maximum absolute atomic E-state index is 14.1. The maximum Gasteiger partial charge on any atom is 0.324 e. The first-order valence-electron chi connectivity index (χ1n) is 22.8. The van der Waals surface area contributed by atoms with Gasteiger partial charge in [0.15, 0.2) is 0 Å². The van der Waals surface area contributed by atoms with Gasteiger partial charge in [0.1, 0.15) is 11.5 Å². The molecule has 0 bridgehead atoms. The van der Waals surface area contributed by atoms with Crippen LogP contribution in [-0.2, 0) is 22.4 Å². The number of amides is 3. The van der Waals surface area contributed by atoms with Crippen molar-refractivity contribution in [2.75, 3.05) is 14.2 Å². The average Bonchev–Trinajstić information content (AvgIpc) is 3.76. The maximum atomic E-state index is 14.1. The van der Waals surface area contributed by atoms with Crippen LogP contribution in [-0.4, -0.2) is 75.2 Å². The molecule has 2 N–H and O–H groups in total. The number of hydrogen-bond acceptors (Lipinski definition) is 7. The minimum Gasteiger partial charge on any atom is -0.497 e. The summed E-state index contributed by atoms with van der Waals surface area (Å²) in [5, 5.41) is 15.0. The Morgan fingerprint density at radius 3 is 1.49 bits per heavy atom. The summed E-state index contributed by atoms with van der Waals surface area (Å²) >= 11 is 11.9. The number of halogens is 2. The zero-order valence-electron chi connectivity index (χ0n) is 39.0. The molecular formula is C54H58Cl2N4O8. The number of fused-ring (bicyclic) bond motifs is 2. The van der Waals surface area contributed by atoms with E-state index >= 15 is 0 Å². The molecule has 4 aromatic carbocycles. The highest BCUT2D eigenvalue weighted by Gasteiger charge is 2.34. The van der Waals surface area contributed by atoms with Gasteiger partial charge in [-0.05, 0) is 136 Å². The summed E-state index contributed by atoms with van der Waals surface area (Å²) in [7, 11) is 3.13. The highest BCUT2D eigenvalue weighted by Crippen LogP contribution is 2.34. The predicted octanol–water partition coefficient (Wildman–Crippen LogP) is 11.9. The SMILES string of the molecule is C=C=C.COc1ccc2c(c1)c(CC(=O)N(C(=O)NC1CCCCC1)C1CCCCC1)c(C)n2C(=O)c1ccc(Cl)cc1.COc1ccc2c(c1)c(CC(=O)O)c(C)n2C(=O)c1ccc(Cl)cc1. The largest absolute Gasteiger partial charge is 0.497 e. The van der Waals surface area contributed by atoms with Crippen molar-refractivity contribution in [3.63, 3.8) is 0 Å². The molecule has 6 aromatic rings. The highest BCUT2D eigenvalue weighted by molar-refractivity contribution is 6.31. The van der Waals surface area contributed by atoms with E-state index in [1.807, 2.05) is 25.1 Å². The van der Waals surface area contributed by atoms with E-state index in [0.717, 1.165) is 68.7 Å². The molecule has 3 amide bonds. The number of methoxy groups -OCH3 is 2. The molecule has 0 saturated heterocycles. The molecule has 12 nitrogen and oxygen atoms in total. The van der Waals surface area contributed by atoms with Crippen LogP contribution in [0, 0.1) is 13.8 Å². The fraction of sp³-hybridized carbons (Fsp3) is 0.333. The Balaban J connectivity index is 0.000000233. The van der Waals surface area contributed by atoms with Crippen LogP contribution in [0.5, 0.6) is 11.5 Å². The van der Waals surface area contributed by atoms with E-state index in [1.165, 1.54) is 15.9 Å². The first-order chi connectivity index (χ1) is 32.7. The van der Waals surface area contributed by atoms with E-state index in [4.69, 9.17) is 32.7 Å². The number of carboxylic acids is 1. The van der Waals surface area contributed by atoms with E-state index < -0.39 is 5.97 Å². The molecular weight excluding hydrogens is 904 g/mol. The van der Waals surface area contributed by atoms with Gasteiger partial charge >= 0.3 is 12.0 Å². The van der Waals surface area contributed by atoms with Crippen molar-refractivity contribution in [1.82, 2.24) is 19.4 Å². The fourth-order valence-electron chi connectivity index (χ4n) is 9.29. The van der Waals surface area contributed by atoms with Crippen molar-refractivity contribution >= 4 is 74.7 Å². The molecule has 2 aliphatic rings. The van der Waals surface area contributed by atoms with Gasteiger partial charge in [0.25, 0.3) is 11.8 Å². The highest BCUT2D eigenvalue weighted by atomic mass is 35.5. The van der Waals surface area contributed by atoms with Crippen LogP contribution in [0.15, 0.2) is 104 Å². The molecule has 14 heteroatoms. The van der Waals surface area contributed by atoms with Gasteiger partial charge < -0.3 is 19.9 Å². The minimum atomic E-state index is -0.955. The molecule has 0 unspecified atom stereocenters. The third-order valence-corrected chi connectivity index (χ3v) is 13.2. The zero-order chi connectivity index (χ0) is 49.1. The lowest BCUT2D eigenvalue weighted by Gasteiger charge is -2.34. The number of hydrogen-bond donors (Lipinski definition) is 2. The van der Waals surface area contributed by atoms with Gasteiger partial charge in [0, 0.05) is 55.4 Å². The van der Waals surface area contributed by atoms with E-state index in [0.29, 0.717) is 66.0 Å². The Kier molecular flexibility index (Phi) is 17.5. The average molecular weight is 962 g/mol. The molecule has 8 rings (SSSR count). The topological polar surface area (TPSA) is 149 Å². The van der Waals surface area contributed by atoms with Gasteiger partial charge in [-0.2, -0.15) is 0 Å². The summed E-state index contributed by atoms with van der Waals surface area (Å²) in [4.78, 5) is 67.1. The van der Waals surface area contributed by atoms with Gasteiger partial charge in [-0.25, -0.2) is 4.79 Å². The molecule has 0 aliphatic heterocycles. The number of nitrogens with zero attached hydrogens (tertiary/aromatic N) is 3. The molecule has 2 aromatic heterocycles. The number of nitrogens with one attached hydrogen (secondary N) is 1. The number of carbonyl (C=O) groups is 5. The summed E-state index contributed by atoms with van der Waals surface area (Å²) in [6.07, 6.45) is 9.96. The number of carbonyl (C=O) groups excluding carboxylic acids is 4. The number of carboxylic acid groups (broad SMARTS) is 1. The Hall–Kier alpha value is -6.59. The van der Waals surface area contributed by atoms with Crippen LogP contribution in [0.1, 0.15) is 107 Å². The summed E-state index contributed by atoms with van der Waals surface area (Å²) in [5.41, 5.74) is 7.16. The number of benzene rings is 4. The molecule has 2 heterocycles. The number of rotatable bonds is 10. The van der Waals surface area contributed by atoms with E-state index in [1.54, 1.807) is 92.4 Å². The number of aromatic nitrogens is 2. The summed E-state index contributed by atoms with van der Waals surface area (Å²) < 4.78 is 13.9. The lowest BCUT2D eigenvalue weighted by atomic mass is 9.93. The van der Waals surface area contributed by atoms with Crippen molar-refractivity contribution < 1.29 is 38.6 Å². The predicted molar refractivity (Wildman–Crippen MR) is 268 cm³/mol. The van der Waals surface area contributed by atoms with E-state index in [2.05, 4.69) is 24.2 Å². The van der Waals surface area contributed by atoms with Crippen LogP contribution < -0.4 is 14.8 Å². The lowest BCUT2D eigenvalue weighted by Crippen LogP contribution is -2.53. The quantitative estimate of drug-likeness (QED) is 0.129. The number of imide groups is 1. The molecule has 2 saturated carbocycles. The molecule has 68 heavy (non-hydrogen) atoms. The van der Waals surface area contributed by atoms with Gasteiger partial charge in [0.2, 0.25) is 5.91 Å². The van der Waals surface area contributed by atoms with E-state index in [9.17, 15) is 29.1 Å². The monoisotopic (exact) mass is 960 g/mol. The third kappa shape index (κ3) is 11.7. The number of aliphatic carboxylic acids is 1. The Morgan fingerprint density at radius 1 is 0.662 bits per heavy atom. The van der Waals surface area contributed by atoms with Crippen molar-refractivity contribution in [2.24, 2.45) is 0 Å². The molecule has 0 radical (unpaired) electrons. The first kappa shape index (κ1) is 50.8. The molecule has 0 spiro atoms. The van der Waals surface area contributed by atoms with E-state index in [-0.39, 0.29) is 48.7 Å². The normalized spacial score (nSPS) is 13.9. The van der Waals surface area contributed by atoms with Crippen LogP contribution >= 0.6 is 23.2 Å². The standard InChI is InChI=1S/C32H38ClN3O4.C19H16ClNO4.C3H4/c1-21-27(20-30(37)36(25-11-7-4-8-12-25)32(39)34-24-9-5-3-6-10-24)28-19-26(40-2)17-18-29(28)35(21)31(38)22-13-15-23(33)16-14-22;1-11-15(10-18(22)23)16-9-14(25-2)7-8-17(16)21(11)19(24)12-3-5-13(20)6-4-12;1-3-2/h13-19,24-25H,3-12,20H2,1-2H3,(H,34,39);3-9H,10H2,1-2H3,(H,22,23);1-2H2. The fourth-order valence-corrected chi connectivity index (χ4v) is 9.54. The van der Waals surface area contributed by atoms with Crippen LogP contribution in [0.2, 0.25) is 10.0 Å². The smallest absolute Gasteiger partial charge is 0.324 e. The Morgan fingerprint density at radius 2 is 1.07 bits per heavy atom. The van der Waals surface area contributed by atoms with Crippen molar-refractivity contribution in [3.05, 3.63) is 148 Å². The van der Waals surface area contributed by atoms with Crippen molar-refractivity contribution in [1.29, 1.82) is 0 Å². The molecule has 2 fully saturated rings. The van der Waals surface area contributed by atoms with Gasteiger partial charge in [-0.3, -0.25) is 33.2 Å². The Labute approximate surface area is 407 Å². The summed E-state index contributed by atoms with van der Waals surface area (Å²) in [5.74, 6) is -0.386. The van der Waals surface area contributed by atoms with Gasteiger partial charge in [-0.1, -0.05) is 74.9 Å². The third-order valence-electron chi connectivity index (χ3n) is 12.7. The van der Waals surface area contributed by atoms with Gasteiger partial charge in [-0.15, -0.1) is 5.73 Å². The first-order valence-corrected chi connectivity index (χ1v) is 23.6. The molecule has 2 aliphatic carbocycles. The second-order valence-corrected chi connectivity index (χ2v) is 17.9. The lowest BCUT2D eigenvalue weighted by molar-refractivity contribution is -0.136. The number of urea groups is 1. The summed E-state index contributed by atoms with van der Waals surface area (Å²) in [6.45, 7) is 9.86. The van der Waals surface area contributed by atoms with Gasteiger partial charge in [0.05, 0.1) is 38.1 Å². The van der Waals surface area contributed by atoms with Crippen LogP contribution in [0.25, 0.3) is 21.8 Å². The minimum absolute atomic E-state index is 0.0188. The van der Waals surface area contributed by atoms with Crippen molar-refractivity contribution in [2.45, 2.75) is 103 Å². The second kappa shape index (κ2) is 23.4. The zero-order valence-corrected chi connectivity index (χ0v) is 40.6. The second-order valence-electron chi connectivity index (χ2n) is 17.0. The Bertz CT molecular complexity index is 2830. The van der Waals surface area contributed by atoms with Crippen LogP contribution in [0.3, 0.4) is 0 Å². The van der Waals surface area contributed by atoms with Crippen molar-refractivity contribution in [3.8, 4) is 11.5 Å².